The number of rotatable bonds is 9. The molecule has 1 fully saturated rings. The molecule has 0 heterocycles. The van der Waals surface area contributed by atoms with Gasteiger partial charge < -0.3 is 20.5 Å². The highest BCUT2D eigenvalue weighted by atomic mass is 16.7. The van der Waals surface area contributed by atoms with Gasteiger partial charge in [0, 0.05) is 25.7 Å². The fourth-order valence-corrected chi connectivity index (χ4v) is 1.71. The monoisotopic (exact) mass is 244 g/mol. The summed E-state index contributed by atoms with van der Waals surface area (Å²) in [5.74, 6) is 0.532. The van der Waals surface area contributed by atoms with Gasteiger partial charge in [-0.25, -0.2) is 0 Å². The molecule has 100 valence electrons. The molecule has 0 saturated heterocycles. The molecule has 0 aromatic carbocycles. The number of carbonyl (C=O) groups excluding carboxylic acids is 1. The first-order chi connectivity index (χ1) is 8.17. The zero-order chi connectivity index (χ0) is 12.7. The molecule has 1 amide bonds. The van der Waals surface area contributed by atoms with Gasteiger partial charge in [-0.15, -0.1) is 0 Å². The molecule has 1 aliphatic carbocycles. The third-order valence-electron chi connectivity index (χ3n) is 2.82. The van der Waals surface area contributed by atoms with Crippen molar-refractivity contribution in [1.82, 2.24) is 5.32 Å². The summed E-state index contributed by atoms with van der Waals surface area (Å²) < 4.78 is 10.7. The van der Waals surface area contributed by atoms with Crippen molar-refractivity contribution < 1.29 is 14.3 Å². The van der Waals surface area contributed by atoms with Gasteiger partial charge in [0.05, 0.1) is 6.54 Å². The molecular formula is C12H24N2O3. The minimum Gasteiger partial charge on any atom is -0.351 e. The van der Waals surface area contributed by atoms with Crippen LogP contribution in [-0.2, 0) is 14.3 Å². The van der Waals surface area contributed by atoms with Crippen LogP contribution >= 0.6 is 0 Å². The SMILES string of the molecule is CCOC(CNC(=O)CC(N)C1CC1)OCC. The number of carbonyl (C=O) groups is 1. The Hall–Kier alpha value is -0.650. The quantitative estimate of drug-likeness (QED) is 0.583. The van der Waals surface area contributed by atoms with Gasteiger partial charge in [-0.05, 0) is 32.6 Å². The second-order valence-corrected chi connectivity index (χ2v) is 4.35. The zero-order valence-electron chi connectivity index (χ0n) is 10.8. The van der Waals surface area contributed by atoms with Crippen LogP contribution in [0.3, 0.4) is 0 Å². The van der Waals surface area contributed by atoms with Crippen molar-refractivity contribution in [3.63, 3.8) is 0 Å². The Morgan fingerprint density at radius 2 is 1.94 bits per heavy atom. The van der Waals surface area contributed by atoms with Gasteiger partial charge in [-0.2, -0.15) is 0 Å². The molecule has 5 heteroatoms. The Balaban J connectivity index is 2.15. The fourth-order valence-electron chi connectivity index (χ4n) is 1.71. The number of hydrogen-bond donors (Lipinski definition) is 2. The predicted octanol–water partition coefficient (Wildman–Crippen LogP) is 0.629. The molecule has 0 spiro atoms. The fraction of sp³-hybridized carbons (Fsp3) is 0.917. The smallest absolute Gasteiger partial charge is 0.221 e. The molecule has 0 aromatic rings. The summed E-state index contributed by atoms with van der Waals surface area (Å²) in [6, 6.07) is 0.00707. The molecule has 0 aromatic heterocycles. The van der Waals surface area contributed by atoms with Crippen LogP contribution in [0.5, 0.6) is 0 Å². The molecule has 0 bridgehead atoms. The van der Waals surface area contributed by atoms with Crippen molar-refractivity contribution in [3.8, 4) is 0 Å². The summed E-state index contributed by atoms with van der Waals surface area (Å²) >= 11 is 0. The third kappa shape index (κ3) is 6.00. The van der Waals surface area contributed by atoms with E-state index in [-0.39, 0.29) is 18.2 Å². The maximum absolute atomic E-state index is 11.6. The highest BCUT2D eigenvalue weighted by molar-refractivity contribution is 5.76. The van der Waals surface area contributed by atoms with E-state index >= 15 is 0 Å². The lowest BCUT2D eigenvalue weighted by Crippen LogP contribution is -2.38. The van der Waals surface area contributed by atoms with Crippen LogP contribution < -0.4 is 11.1 Å². The first-order valence-corrected chi connectivity index (χ1v) is 6.42. The largest absolute Gasteiger partial charge is 0.351 e. The molecular weight excluding hydrogens is 220 g/mol. The molecule has 17 heavy (non-hydrogen) atoms. The van der Waals surface area contributed by atoms with Crippen molar-refractivity contribution in [1.29, 1.82) is 0 Å². The van der Waals surface area contributed by atoms with Crippen molar-refractivity contribution in [2.24, 2.45) is 11.7 Å². The summed E-state index contributed by atoms with van der Waals surface area (Å²) in [6.45, 7) is 5.33. The number of hydrogen-bond acceptors (Lipinski definition) is 4. The first-order valence-electron chi connectivity index (χ1n) is 6.42. The average molecular weight is 244 g/mol. The van der Waals surface area contributed by atoms with E-state index in [4.69, 9.17) is 15.2 Å². The maximum Gasteiger partial charge on any atom is 0.221 e. The molecule has 0 radical (unpaired) electrons. The summed E-state index contributed by atoms with van der Waals surface area (Å²) in [6.07, 6.45) is 2.37. The summed E-state index contributed by atoms with van der Waals surface area (Å²) in [7, 11) is 0. The van der Waals surface area contributed by atoms with Gasteiger partial charge in [0.15, 0.2) is 6.29 Å². The molecule has 3 N–H and O–H groups in total. The van der Waals surface area contributed by atoms with Gasteiger partial charge in [0.25, 0.3) is 0 Å². The first kappa shape index (κ1) is 14.4. The Kier molecular flexibility index (Phi) is 6.47. The lowest BCUT2D eigenvalue weighted by atomic mass is 10.1. The van der Waals surface area contributed by atoms with Gasteiger partial charge in [0.2, 0.25) is 5.91 Å². The number of amides is 1. The highest BCUT2D eigenvalue weighted by Crippen LogP contribution is 2.32. The summed E-state index contributed by atoms with van der Waals surface area (Å²) in [5, 5.41) is 2.80. The van der Waals surface area contributed by atoms with Gasteiger partial charge in [-0.1, -0.05) is 0 Å². The standard InChI is InChI=1S/C12H24N2O3/c1-3-16-12(17-4-2)8-14-11(15)7-10(13)9-5-6-9/h9-10,12H,3-8,13H2,1-2H3,(H,14,15). The van der Waals surface area contributed by atoms with Crippen LogP contribution in [0.4, 0.5) is 0 Å². The predicted molar refractivity (Wildman–Crippen MR) is 65.4 cm³/mol. The van der Waals surface area contributed by atoms with Crippen molar-refractivity contribution >= 4 is 5.91 Å². The number of ether oxygens (including phenoxy) is 2. The van der Waals surface area contributed by atoms with Crippen LogP contribution in [0.2, 0.25) is 0 Å². The normalized spacial score (nSPS) is 17.2. The van der Waals surface area contributed by atoms with E-state index in [0.717, 1.165) is 12.8 Å². The molecule has 1 rings (SSSR count). The van der Waals surface area contributed by atoms with Crippen molar-refractivity contribution in [2.45, 2.75) is 45.4 Å². The molecule has 1 unspecified atom stereocenters. The van der Waals surface area contributed by atoms with Gasteiger partial charge in [-0.3, -0.25) is 4.79 Å². The van der Waals surface area contributed by atoms with E-state index in [1.54, 1.807) is 0 Å². The van der Waals surface area contributed by atoms with E-state index < -0.39 is 0 Å². The van der Waals surface area contributed by atoms with Crippen LogP contribution in [0.1, 0.15) is 33.1 Å². The summed E-state index contributed by atoms with van der Waals surface area (Å²) in [5.41, 5.74) is 5.88. The molecule has 0 aliphatic heterocycles. The lowest BCUT2D eigenvalue weighted by molar-refractivity contribution is -0.140. The Labute approximate surface area is 103 Å². The highest BCUT2D eigenvalue weighted by Gasteiger charge is 2.29. The van der Waals surface area contributed by atoms with Crippen LogP contribution in [0, 0.1) is 5.92 Å². The Morgan fingerprint density at radius 3 is 2.41 bits per heavy atom. The van der Waals surface area contributed by atoms with E-state index in [0.29, 0.717) is 32.1 Å². The Bertz CT molecular complexity index is 226. The molecule has 1 atom stereocenters. The maximum atomic E-state index is 11.6. The second kappa shape index (κ2) is 7.63. The lowest BCUT2D eigenvalue weighted by Gasteiger charge is -2.18. The second-order valence-electron chi connectivity index (χ2n) is 4.35. The minimum absolute atomic E-state index is 0.00707. The van der Waals surface area contributed by atoms with Gasteiger partial charge in [0.1, 0.15) is 0 Å². The van der Waals surface area contributed by atoms with E-state index in [2.05, 4.69) is 5.32 Å². The molecule has 1 aliphatic rings. The zero-order valence-corrected chi connectivity index (χ0v) is 10.8. The van der Waals surface area contributed by atoms with Crippen LogP contribution in [0.15, 0.2) is 0 Å². The van der Waals surface area contributed by atoms with E-state index in [1.165, 1.54) is 0 Å². The van der Waals surface area contributed by atoms with E-state index in [9.17, 15) is 4.79 Å². The topological polar surface area (TPSA) is 73.6 Å². The van der Waals surface area contributed by atoms with E-state index in [1.807, 2.05) is 13.8 Å². The Morgan fingerprint density at radius 1 is 1.35 bits per heavy atom. The molecule has 1 saturated carbocycles. The summed E-state index contributed by atoms with van der Waals surface area (Å²) in [4.78, 5) is 11.6. The third-order valence-corrected chi connectivity index (χ3v) is 2.82. The van der Waals surface area contributed by atoms with Crippen LogP contribution in [-0.4, -0.2) is 38.0 Å². The van der Waals surface area contributed by atoms with Crippen LogP contribution in [0.25, 0.3) is 0 Å². The number of nitrogens with two attached hydrogens (primary N) is 1. The van der Waals surface area contributed by atoms with Crippen molar-refractivity contribution in [3.05, 3.63) is 0 Å². The average Bonchev–Trinajstić information content (AvgIpc) is 3.10. The van der Waals surface area contributed by atoms with Crippen molar-refractivity contribution in [2.75, 3.05) is 19.8 Å². The minimum atomic E-state index is -0.355. The molecule has 5 nitrogen and oxygen atoms in total. The number of nitrogens with one attached hydrogen (secondary N) is 1. The van der Waals surface area contributed by atoms with Gasteiger partial charge >= 0.3 is 0 Å².